The van der Waals surface area contributed by atoms with Crippen LogP contribution in [-0.2, 0) is 24.7 Å². The highest BCUT2D eigenvalue weighted by atomic mass is 19.2. The van der Waals surface area contributed by atoms with Crippen molar-refractivity contribution >= 4 is 23.4 Å². The van der Waals surface area contributed by atoms with Gasteiger partial charge in [-0.3, -0.25) is 19.3 Å². The lowest BCUT2D eigenvalue weighted by atomic mass is 9.73. The van der Waals surface area contributed by atoms with Gasteiger partial charge in [0.25, 0.3) is 5.91 Å². The second-order valence-corrected chi connectivity index (χ2v) is 6.48. The highest BCUT2D eigenvalue weighted by Crippen LogP contribution is 2.51. The molecule has 0 radical (unpaired) electrons. The molecule has 1 saturated carbocycles. The number of Topliss-reactive ketones (excluding diaryl/α,β-unsaturated/α-hetero) is 1. The highest BCUT2D eigenvalue weighted by Gasteiger charge is 2.60. The number of aromatic nitrogens is 1. The minimum absolute atomic E-state index is 0.00550. The molecule has 2 atom stereocenters. The predicted octanol–water partition coefficient (Wildman–Crippen LogP) is 1.18. The summed E-state index contributed by atoms with van der Waals surface area (Å²) in [5, 5.41) is 0. The van der Waals surface area contributed by atoms with Gasteiger partial charge in [0, 0.05) is 25.4 Å². The van der Waals surface area contributed by atoms with E-state index in [-0.39, 0.29) is 30.2 Å². The molecule has 2 aliphatic rings. The molecule has 1 fully saturated rings. The average Bonchev–Trinajstić information content (AvgIpc) is 2.82. The number of anilines is 1. The van der Waals surface area contributed by atoms with Crippen molar-refractivity contribution in [2.45, 2.75) is 38.2 Å². The number of primary amides is 1. The van der Waals surface area contributed by atoms with Gasteiger partial charge < -0.3 is 10.5 Å². The van der Waals surface area contributed by atoms with Gasteiger partial charge in [-0.25, -0.2) is 13.8 Å². The number of carbonyl (C=O) groups is 3. The Hall–Kier alpha value is -2.42. The molecule has 2 amide bonds. The quantitative estimate of drug-likeness (QED) is 0.842. The fourth-order valence-electron chi connectivity index (χ4n) is 3.93. The standard InChI is InChI=1S/C17H19F2N3O4/c1-2-26-17(9-4-3-5-10(23)6-9)13-14(19)11(18)7-21-15(13)22(16(17)25)8-12(20)24/h7,9H,2-6,8H2,1H3,(H2,20,24). The zero-order chi connectivity index (χ0) is 19.1. The Labute approximate surface area is 148 Å². The molecule has 7 nitrogen and oxygen atoms in total. The number of hydrogen-bond donors (Lipinski definition) is 1. The molecule has 1 aromatic rings. The summed E-state index contributed by atoms with van der Waals surface area (Å²) >= 11 is 0. The van der Waals surface area contributed by atoms with Crippen LogP contribution in [0.4, 0.5) is 14.6 Å². The third-order valence-corrected chi connectivity index (χ3v) is 4.89. The molecular formula is C17H19F2N3O4. The van der Waals surface area contributed by atoms with Crippen molar-refractivity contribution in [1.29, 1.82) is 0 Å². The summed E-state index contributed by atoms with van der Waals surface area (Å²) in [5.74, 6) is -5.02. The number of ether oxygens (including phenoxy) is 1. The highest BCUT2D eigenvalue weighted by molar-refractivity contribution is 6.09. The molecule has 1 aliphatic heterocycles. The Balaban J connectivity index is 2.23. The van der Waals surface area contributed by atoms with E-state index in [0.29, 0.717) is 25.5 Å². The van der Waals surface area contributed by atoms with E-state index in [2.05, 4.69) is 4.98 Å². The van der Waals surface area contributed by atoms with Crippen LogP contribution in [0.15, 0.2) is 6.20 Å². The van der Waals surface area contributed by atoms with E-state index < -0.39 is 41.5 Å². The van der Waals surface area contributed by atoms with Gasteiger partial charge in [0.1, 0.15) is 18.1 Å². The van der Waals surface area contributed by atoms with Crippen molar-refractivity contribution in [2.24, 2.45) is 11.7 Å². The van der Waals surface area contributed by atoms with Crippen LogP contribution in [0.3, 0.4) is 0 Å². The Morgan fingerprint density at radius 1 is 1.46 bits per heavy atom. The van der Waals surface area contributed by atoms with E-state index in [4.69, 9.17) is 10.5 Å². The Morgan fingerprint density at radius 3 is 2.81 bits per heavy atom. The van der Waals surface area contributed by atoms with E-state index >= 15 is 0 Å². The fourth-order valence-corrected chi connectivity index (χ4v) is 3.93. The maximum absolute atomic E-state index is 14.8. The molecule has 0 aromatic carbocycles. The van der Waals surface area contributed by atoms with Crippen LogP contribution in [-0.4, -0.2) is 35.7 Å². The molecule has 9 heteroatoms. The van der Waals surface area contributed by atoms with Crippen molar-refractivity contribution in [3.8, 4) is 0 Å². The predicted molar refractivity (Wildman–Crippen MR) is 86.0 cm³/mol. The van der Waals surface area contributed by atoms with E-state index in [1.165, 1.54) is 0 Å². The number of nitrogens with two attached hydrogens (primary N) is 1. The third-order valence-electron chi connectivity index (χ3n) is 4.89. The van der Waals surface area contributed by atoms with E-state index in [0.717, 1.165) is 4.90 Å². The molecule has 26 heavy (non-hydrogen) atoms. The van der Waals surface area contributed by atoms with Crippen LogP contribution in [0.25, 0.3) is 0 Å². The van der Waals surface area contributed by atoms with Gasteiger partial charge in [0.05, 0.1) is 11.8 Å². The van der Waals surface area contributed by atoms with Crippen LogP contribution < -0.4 is 10.6 Å². The lowest BCUT2D eigenvalue weighted by Gasteiger charge is -2.37. The van der Waals surface area contributed by atoms with Crippen molar-refractivity contribution in [1.82, 2.24) is 4.98 Å². The summed E-state index contributed by atoms with van der Waals surface area (Å²) in [6, 6.07) is 0. The second-order valence-electron chi connectivity index (χ2n) is 6.48. The van der Waals surface area contributed by atoms with Crippen LogP contribution in [0.1, 0.15) is 38.2 Å². The van der Waals surface area contributed by atoms with Gasteiger partial charge in [0.15, 0.2) is 17.2 Å². The number of fused-ring (bicyclic) bond motifs is 1. The topological polar surface area (TPSA) is 103 Å². The molecule has 2 unspecified atom stereocenters. The number of nitrogens with zero attached hydrogens (tertiary/aromatic N) is 2. The van der Waals surface area contributed by atoms with Gasteiger partial charge >= 0.3 is 0 Å². The van der Waals surface area contributed by atoms with Gasteiger partial charge in [-0.2, -0.15) is 0 Å². The molecule has 2 N–H and O–H groups in total. The smallest absolute Gasteiger partial charge is 0.266 e. The normalized spacial score (nSPS) is 25.5. The number of carbonyl (C=O) groups excluding carboxylic acids is 3. The second kappa shape index (κ2) is 6.71. The van der Waals surface area contributed by atoms with Crippen LogP contribution >= 0.6 is 0 Å². The Morgan fingerprint density at radius 2 is 2.19 bits per heavy atom. The number of rotatable bonds is 5. The summed E-state index contributed by atoms with van der Waals surface area (Å²) < 4.78 is 34.4. The van der Waals surface area contributed by atoms with Crippen molar-refractivity contribution < 1.29 is 27.9 Å². The van der Waals surface area contributed by atoms with Crippen LogP contribution in [0.5, 0.6) is 0 Å². The van der Waals surface area contributed by atoms with Gasteiger partial charge in [-0.1, -0.05) is 0 Å². The van der Waals surface area contributed by atoms with Crippen LogP contribution in [0.2, 0.25) is 0 Å². The number of amides is 2. The van der Waals surface area contributed by atoms with Gasteiger partial charge in [0.2, 0.25) is 5.91 Å². The lowest BCUT2D eigenvalue weighted by molar-refractivity contribution is -0.157. The maximum atomic E-state index is 14.8. The molecule has 2 heterocycles. The Kier molecular flexibility index (Phi) is 4.74. The molecule has 0 saturated heterocycles. The first-order valence-corrected chi connectivity index (χ1v) is 8.43. The lowest BCUT2D eigenvalue weighted by Crippen LogP contribution is -2.51. The molecular weight excluding hydrogens is 348 g/mol. The summed E-state index contributed by atoms with van der Waals surface area (Å²) in [5.41, 5.74) is 2.95. The number of ketones is 1. The molecule has 1 aliphatic carbocycles. The molecule has 140 valence electrons. The summed E-state index contributed by atoms with van der Waals surface area (Å²) in [7, 11) is 0. The zero-order valence-corrected chi connectivity index (χ0v) is 14.3. The number of hydrogen-bond acceptors (Lipinski definition) is 5. The number of pyridine rings is 1. The van der Waals surface area contributed by atoms with E-state index in [1.54, 1.807) is 6.92 Å². The average molecular weight is 367 g/mol. The summed E-state index contributed by atoms with van der Waals surface area (Å²) in [6.45, 7) is 1.09. The van der Waals surface area contributed by atoms with E-state index in [1.807, 2.05) is 0 Å². The molecule has 0 bridgehead atoms. The van der Waals surface area contributed by atoms with E-state index in [9.17, 15) is 23.2 Å². The van der Waals surface area contributed by atoms with Crippen molar-refractivity contribution in [3.05, 3.63) is 23.4 Å². The monoisotopic (exact) mass is 367 g/mol. The Bertz CT molecular complexity index is 786. The SMILES string of the molecule is CCOC1(C2CCCC(=O)C2)C(=O)N(CC(N)=O)c2ncc(F)c(F)c21. The minimum Gasteiger partial charge on any atom is -0.368 e. The molecule has 0 spiro atoms. The first-order valence-electron chi connectivity index (χ1n) is 8.43. The van der Waals surface area contributed by atoms with Gasteiger partial charge in [-0.05, 0) is 19.8 Å². The largest absolute Gasteiger partial charge is 0.368 e. The third kappa shape index (κ3) is 2.66. The van der Waals surface area contributed by atoms with Crippen molar-refractivity contribution in [2.75, 3.05) is 18.1 Å². The number of halogens is 2. The maximum Gasteiger partial charge on any atom is 0.266 e. The summed E-state index contributed by atoms with van der Waals surface area (Å²) in [4.78, 5) is 41.3. The van der Waals surface area contributed by atoms with Gasteiger partial charge in [-0.15, -0.1) is 0 Å². The summed E-state index contributed by atoms with van der Waals surface area (Å²) in [6.07, 6.45) is 1.96. The minimum atomic E-state index is -1.89. The first-order chi connectivity index (χ1) is 12.3. The fraction of sp³-hybridized carbons (Fsp3) is 0.529. The first kappa shape index (κ1) is 18.4. The zero-order valence-electron chi connectivity index (χ0n) is 14.3. The molecule has 1 aromatic heterocycles. The van der Waals surface area contributed by atoms with Crippen molar-refractivity contribution in [3.63, 3.8) is 0 Å². The van der Waals surface area contributed by atoms with Crippen LogP contribution in [0, 0.1) is 17.6 Å². The molecule has 3 rings (SSSR count).